The normalized spacial score (nSPS) is 18.6. The van der Waals surface area contributed by atoms with Gasteiger partial charge in [-0.15, -0.1) is 0 Å². The number of benzene rings is 2. The highest BCUT2D eigenvalue weighted by atomic mass is 127. The van der Waals surface area contributed by atoms with Crippen LogP contribution in [0.4, 0.5) is 0 Å². The molecule has 23 heavy (non-hydrogen) atoms. The summed E-state index contributed by atoms with van der Waals surface area (Å²) >= 11 is 4.64. The third-order valence-electron chi connectivity index (χ3n) is 3.95. The summed E-state index contributed by atoms with van der Waals surface area (Å²) in [5.74, 6) is 0.204. The first-order chi connectivity index (χ1) is 11.1. The van der Waals surface area contributed by atoms with Crippen molar-refractivity contribution in [1.29, 1.82) is 0 Å². The molecule has 3 heteroatoms. The lowest BCUT2D eigenvalue weighted by Gasteiger charge is -2.17. The van der Waals surface area contributed by atoms with E-state index in [1.54, 1.807) is 0 Å². The maximum atomic E-state index is 12.8. The van der Waals surface area contributed by atoms with Gasteiger partial charge in [-0.1, -0.05) is 36.4 Å². The standard InChI is InChI=1S/C20H16I2O/c21-18-10-3-1-6-14(18)12-16-8-5-9-17(20(16)23)13-15-7-2-4-11-19(15)22/h1-4,6-7,10-13H,5,8-9H2. The number of allylic oxidation sites excluding steroid dienone is 2. The first-order valence-electron chi connectivity index (χ1n) is 7.60. The second-order valence-corrected chi connectivity index (χ2v) is 7.89. The summed E-state index contributed by atoms with van der Waals surface area (Å²) in [4.78, 5) is 12.8. The Kier molecular flexibility index (Phi) is 5.69. The minimum absolute atomic E-state index is 0.204. The van der Waals surface area contributed by atoms with Gasteiger partial charge in [0.05, 0.1) is 0 Å². The largest absolute Gasteiger partial charge is 0.289 e. The number of ketones is 1. The average Bonchev–Trinajstić information content (AvgIpc) is 2.55. The van der Waals surface area contributed by atoms with Crippen LogP contribution in [0, 0.1) is 7.14 Å². The summed E-state index contributed by atoms with van der Waals surface area (Å²) in [6.07, 6.45) is 6.90. The van der Waals surface area contributed by atoms with Crippen molar-refractivity contribution in [2.24, 2.45) is 0 Å². The van der Waals surface area contributed by atoms with Crippen molar-refractivity contribution >= 4 is 63.1 Å². The van der Waals surface area contributed by atoms with Gasteiger partial charge >= 0.3 is 0 Å². The molecule has 0 N–H and O–H groups in total. The van der Waals surface area contributed by atoms with Crippen LogP contribution in [0.5, 0.6) is 0 Å². The molecular formula is C20H16I2O. The number of Topliss-reactive ketones (excluding diaryl/α,β-unsaturated/α-hetero) is 1. The third-order valence-corrected chi connectivity index (χ3v) is 5.91. The monoisotopic (exact) mass is 526 g/mol. The van der Waals surface area contributed by atoms with Crippen LogP contribution < -0.4 is 0 Å². The van der Waals surface area contributed by atoms with Crippen LogP contribution in [-0.4, -0.2) is 5.78 Å². The number of hydrogen-bond donors (Lipinski definition) is 0. The fourth-order valence-electron chi connectivity index (χ4n) is 2.74. The molecule has 0 amide bonds. The molecule has 2 aromatic carbocycles. The topological polar surface area (TPSA) is 17.1 Å². The Morgan fingerprint density at radius 3 is 1.61 bits per heavy atom. The van der Waals surface area contributed by atoms with Crippen molar-refractivity contribution in [3.63, 3.8) is 0 Å². The quantitative estimate of drug-likeness (QED) is 0.341. The smallest absolute Gasteiger partial charge is 0.185 e. The van der Waals surface area contributed by atoms with Crippen molar-refractivity contribution in [1.82, 2.24) is 0 Å². The van der Waals surface area contributed by atoms with E-state index in [2.05, 4.69) is 81.6 Å². The van der Waals surface area contributed by atoms with Gasteiger partial charge in [-0.25, -0.2) is 0 Å². The van der Waals surface area contributed by atoms with Gasteiger partial charge in [-0.05, 0) is 99.9 Å². The van der Waals surface area contributed by atoms with E-state index in [1.807, 2.05) is 24.3 Å². The predicted molar refractivity (Wildman–Crippen MR) is 113 cm³/mol. The van der Waals surface area contributed by atoms with Gasteiger partial charge in [0, 0.05) is 18.3 Å². The molecule has 1 fully saturated rings. The lowest BCUT2D eigenvalue weighted by molar-refractivity contribution is -0.112. The zero-order valence-electron chi connectivity index (χ0n) is 12.6. The third kappa shape index (κ3) is 4.12. The molecule has 116 valence electrons. The number of carbonyl (C=O) groups is 1. The molecule has 0 atom stereocenters. The van der Waals surface area contributed by atoms with Gasteiger partial charge in [0.15, 0.2) is 5.78 Å². The van der Waals surface area contributed by atoms with E-state index < -0.39 is 0 Å². The van der Waals surface area contributed by atoms with E-state index in [0.717, 1.165) is 41.5 Å². The highest BCUT2D eigenvalue weighted by Crippen LogP contribution is 2.29. The van der Waals surface area contributed by atoms with Crippen LogP contribution in [0.15, 0.2) is 59.7 Å². The average molecular weight is 526 g/mol. The van der Waals surface area contributed by atoms with E-state index in [0.29, 0.717) is 0 Å². The molecule has 2 aromatic rings. The van der Waals surface area contributed by atoms with Gasteiger partial charge in [-0.2, -0.15) is 0 Å². The minimum atomic E-state index is 0.204. The second-order valence-electron chi connectivity index (χ2n) is 5.56. The first kappa shape index (κ1) is 16.9. The highest BCUT2D eigenvalue weighted by Gasteiger charge is 2.20. The molecule has 0 aromatic heterocycles. The van der Waals surface area contributed by atoms with E-state index >= 15 is 0 Å². The van der Waals surface area contributed by atoms with Gasteiger partial charge in [0.25, 0.3) is 0 Å². The van der Waals surface area contributed by atoms with Crippen LogP contribution in [0.2, 0.25) is 0 Å². The Morgan fingerprint density at radius 1 is 0.739 bits per heavy atom. The van der Waals surface area contributed by atoms with Gasteiger partial charge in [0.1, 0.15) is 0 Å². The van der Waals surface area contributed by atoms with E-state index in [9.17, 15) is 4.79 Å². The number of hydrogen-bond acceptors (Lipinski definition) is 1. The molecule has 3 rings (SSSR count). The summed E-state index contributed by atoms with van der Waals surface area (Å²) in [7, 11) is 0. The van der Waals surface area contributed by atoms with Crippen molar-refractivity contribution < 1.29 is 4.79 Å². The van der Waals surface area contributed by atoms with E-state index in [-0.39, 0.29) is 5.78 Å². The molecule has 0 unspecified atom stereocenters. The Morgan fingerprint density at radius 2 is 1.17 bits per heavy atom. The Hall–Kier alpha value is -0.950. The Balaban J connectivity index is 1.93. The van der Waals surface area contributed by atoms with Gasteiger partial charge in [-0.3, -0.25) is 4.79 Å². The van der Waals surface area contributed by atoms with Crippen molar-refractivity contribution in [2.75, 3.05) is 0 Å². The second kappa shape index (κ2) is 7.75. The summed E-state index contributed by atoms with van der Waals surface area (Å²) in [5.41, 5.74) is 4.12. The summed E-state index contributed by atoms with van der Waals surface area (Å²) in [5, 5.41) is 0. The minimum Gasteiger partial charge on any atom is -0.289 e. The predicted octanol–water partition coefficient (Wildman–Crippen LogP) is 6.12. The molecule has 0 saturated heterocycles. The SMILES string of the molecule is O=C1C(=Cc2ccccc2I)CCCC1=Cc1ccccc1I. The van der Waals surface area contributed by atoms with Crippen molar-refractivity contribution in [3.8, 4) is 0 Å². The lowest BCUT2D eigenvalue weighted by atomic mass is 9.87. The maximum Gasteiger partial charge on any atom is 0.185 e. The van der Waals surface area contributed by atoms with E-state index in [4.69, 9.17) is 0 Å². The Labute approximate surface area is 164 Å². The van der Waals surface area contributed by atoms with Gasteiger partial charge < -0.3 is 0 Å². The van der Waals surface area contributed by atoms with E-state index in [1.165, 1.54) is 7.14 Å². The molecule has 0 aliphatic heterocycles. The summed E-state index contributed by atoms with van der Waals surface area (Å²) in [6, 6.07) is 16.4. The molecule has 1 nitrogen and oxygen atoms in total. The number of carbonyl (C=O) groups excluding carboxylic acids is 1. The van der Waals surface area contributed by atoms with Gasteiger partial charge in [0.2, 0.25) is 0 Å². The van der Waals surface area contributed by atoms with Crippen LogP contribution in [0.1, 0.15) is 30.4 Å². The van der Waals surface area contributed by atoms with Crippen LogP contribution in [0.25, 0.3) is 12.2 Å². The number of rotatable bonds is 2. The zero-order valence-corrected chi connectivity index (χ0v) is 16.9. The molecule has 1 aliphatic rings. The summed E-state index contributed by atoms with van der Waals surface area (Å²) < 4.78 is 2.36. The summed E-state index contributed by atoms with van der Waals surface area (Å²) in [6.45, 7) is 0. The van der Waals surface area contributed by atoms with Crippen molar-refractivity contribution in [3.05, 3.63) is 77.9 Å². The molecule has 0 spiro atoms. The van der Waals surface area contributed by atoms with Crippen LogP contribution in [-0.2, 0) is 4.79 Å². The fraction of sp³-hybridized carbons (Fsp3) is 0.150. The van der Waals surface area contributed by atoms with Crippen LogP contribution in [0.3, 0.4) is 0 Å². The molecule has 1 saturated carbocycles. The highest BCUT2D eigenvalue weighted by molar-refractivity contribution is 14.1. The molecule has 1 aliphatic carbocycles. The molecular weight excluding hydrogens is 510 g/mol. The molecule has 0 radical (unpaired) electrons. The maximum absolute atomic E-state index is 12.8. The molecule has 0 heterocycles. The first-order valence-corrected chi connectivity index (χ1v) is 9.76. The number of halogens is 2. The fourth-order valence-corrected chi connectivity index (χ4v) is 3.82. The van der Waals surface area contributed by atoms with Crippen molar-refractivity contribution in [2.45, 2.75) is 19.3 Å². The zero-order chi connectivity index (χ0) is 16.2. The Bertz CT molecular complexity index is 737. The lowest BCUT2D eigenvalue weighted by Crippen LogP contribution is -2.12. The molecule has 0 bridgehead atoms. The van der Waals surface area contributed by atoms with Crippen LogP contribution >= 0.6 is 45.2 Å².